The quantitative estimate of drug-likeness (QED) is 0.340. The van der Waals surface area contributed by atoms with Gasteiger partial charge < -0.3 is 9.31 Å². The molecule has 0 aliphatic rings. The van der Waals surface area contributed by atoms with E-state index < -0.39 is 0 Å². The number of hydrogen-bond donors (Lipinski definition) is 0. The highest BCUT2D eigenvalue weighted by Gasteiger charge is 2.04. The van der Waals surface area contributed by atoms with Crippen LogP contribution in [0.15, 0.2) is 0 Å². The normalized spacial score (nSPS) is 12.8. The minimum absolute atomic E-state index is 0.105. The van der Waals surface area contributed by atoms with Gasteiger partial charge >= 0.3 is 7.69 Å². The molecule has 14 heavy (non-hydrogen) atoms. The molecule has 0 N–H and O–H groups in total. The van der Waals surface area contributed by atoms with Crippen molar-refractivity contribution in [3.63, 3.8) is 0 Å². The van der Waals surface area contributed by atoms with Crippen molar-refractivity contribution in [2.45, 2.75) is 57.4 Å². The molecule has 0 aromatic carbocycles. The molecular formula is C10H21BBrO2. The molecule has 0 amide bonds. The first kappa shape index (κ1) is 14.5. The van der Waals surface area contributed by atoms with Crippen LogP contribution in [0.25, 0.3) is 0 Å². The van der Waals surface area contributed by atoms with Gasteiger partial charge in [-0.2, -0.15) is 0 Å². The van der Waals surface area contributed by atoms with Crippen molar-refractivity contribution < 1.29 is 9.31 Å². The van der Waals surface area contributed by atoms with Gasteiger partial charge in [0.05, 0.1) is 5.01 Å². The monoisotopic (exact) mass is 263 g/mol. The Morgan fingerprint density at radius 2 is 1.86 bits per heavy atom. The maximum Gasteiger partial charge on any atom is 0.488 e. The Hall–Kier alpha value is 0.465. The first-order valence-corrected chi connectivity index (χ1v) is 6.45. The summed E-state index contributed by atoms with van der Waals surface area (Å²) in [5.41, 5.74) is 0. The molecule has 1 radical (unpaired) electrons. The predicted molar refractivity (Wildman–Crippen MR) is 64.6 cm³/mol. The molecule has 4 heteroatoms. The molecule has 0 bridgehead atoms. The molecule has 0 fully saturated rings. The standard InChI is InChI=1S/C10H21BBrO2/c1-3-5-7-9-13-11-14-10(12)8-6-4-2/h10H,3-9H2,1-2H3. The van der Waals surface area contributed by atoms with Crippen LogP contribution in [0.3, 0.4) is 0 Å². The molecule has 0 aromatic rings. The Morgan fingerprint density at radius 3 is 2.50 bits per heavy atom. The van der Waals surface area contributed by atoms with Crippen LogP contribution in [0.1, 0.15) is 52.4 Å². The Morgan fingerprint density at radius 1 is 1.14 bits per heavy atom. The molecule has 2 nitrogen and oxygen atoms in total. The van der Waals surface area contributed by atoms with E-state index in [1.807, 2.05) is 0 Å². The summed E-state index contributed by atoms with van der Waals surface area (Å²) in [5, 5.41) is 0.105. The molecule has 1 unspecified atom stereocenters. The number of rotatable bonds is 10. The highest BCUT2D eigenvalue weighted by Crippen LogP contribution is 2.10. The lowest BCUT2D eigenvalue weighted by molar-refractivity contribution is 0.201. The van der Waals surface area contributed by atoms with E-state index in [9.17, 15) is 0 Å². The van der Waals surface area contributed by atoms with Crippen LogP contribution in [0.2, 0.25) is 0 Å². The summed E-state index contributed by atoms with van der Waals surface area (Å²) in [6, 6.07) is 0. The van der Waals surface area contributed by atoms with Gasteiger partial charge in [-0.05, 0) is 12.8 Å². The minimum Gasteiger partial charge on any atom is -0.413 e. The Bertz CT molecular complexity index is 114. The predicted octanol–water partition coefficient (Wildman–Crippen LogP) is 3.66. The number of halogens is 1. The van der Waals surface area contributed by atoms with Gasteiger partial charge in [0.15, 0.2) is 0 Å². The lowest BCUT2D eigenvalue weighted by Crippen LogP contribution is -2.12. The van der Waals surface area contributed by atoms with Crippen molar-refractivity contribution in [2.24, 2.45) is 0 Å². The number of unbranched alkanes of at least 4 members (excludes halogenated alkanes) is 3. The van der Waals surface area contributed by atoms with E-state index in [0.717, 1.165) is 19.4 Å². The van der Waals surface area contributed by atoms with Crippen LogP contribution in [-0.4, -0.2) is 19.3 Å². The van der Waals surface area contributed by atoms with E-state index in [-0.39, 0.29) is 5.01 Å². The van der Waals surface area contributed by atoms with Crippen molar-refractivity contribution >= 4 is 23.6 Å². The Balaban J connectivity index is 3.02. The van der Waals surface area contributed by atoms with Crippen molar-refractivity contribution in [1.82, 2.24) is 0 Å². The van der Waals surface area contributed by atoms with Crippen LogP contribution in [0.5, 0.6) is 0 Å². The van der Waals surface area contributed by atoms with Crippen molar-refractivity contribution in [1.29, 1.82) is 0 Å². The van der Waals surface area contributed by atoms with Gasteiger partial charge in [0.1, 0.15) is 0 Å². The highest BCUT2D eigenvalue weighted by molar-refractivity contribution is 9.09. The number of alkyl halides is 1. The van der Waals surface area contributed by atoms with E-state index in [0.29, 0.717) is 0 Å². The van der Waals surface area contributed by atoms with Crippen molar-refractivity contribution in [3.05, 3.63) is 0 Å². The highest BCUT2D eigenvalue weighted by atomic mass is 79.9. The van der Waals surface area contributed by atoms with Gasteiger partial charge in [-0.15, -0.1) is 0 Å². The first-order chi connectivity index (χ1) is 6.81. The molecule has 0 saturated heterocycles. The van der Waals surface area contributed by atoms with Gasteiger partial charge in [0, 0.05) is 6.61 Å². The van der Waals surface area contributed by atoms with Crippen molar-refractivity contribution in [2.75, 3.05) is 6.61 Å². The summed E-state index contributed by atoms with van der Waals surface area (Å²) in [7, 11) is 1.46. The van der Waals surface area contributed by atoms with Gasteiger partial charge in [-0.3, -0.25) is 0 Å². The topological polar surface area (TPSA) is 18.5 Å². The van der Waals surface area contributed by atoms with Crippen LogP contribution < -0.4 is 0 Å². The number of hydrogen-bond acceptors (Lipinski definition) is 2. The lowest BCUT2D eigenvalue weighted by atomic mass is 10.2. The molecule has 83 valence electrons. The second-order valence-electron chi connectivity index (χ2n) is 3.36. The molecular weight excluding hydrogens is 243 g/mol. The maximum absolute atomic E-state index is 5.29. The largest absolute Gasteiger partial charge is 0.488 e. The average molecular weight is 264 g/mol. The molecule has 0 aromatic heterocycles. The van der Waals surface area contributed by atoms with E-state index in [4.69, 9.17) is 9.31 Å². The lowest BCUT2D eigenvalue weighted by Gasteiger charge is -2.09. The molecule has 0 rings (SSSR count). The summed E-state index contributed by atoms with van der Waals surface area (Å²) in [5.74, 6) is 0. The third-order valence-corrected chi connectivity index (χ3v) is 2.60. The van der Waals surface area contributed by atoms with Gasteiger partial charge in [-0.25, -0.2) is 0 Å². The fourth-order valence-corrected chi connectivity index (χ4v) is 1.43. The maximum atomic E-state index is 5.29. The third-order valence-electron chi connectivity index (χ3n) is 1.92. The van der Waals surface area contributed by atoms with Crippen LogP contribution in [0.4, 0.5) is 0 Å². The molecule has 1 atom stereocenters. The Labute approximate surface area is 97.2 Å². The molecule has 0 aliphatic carbocycles. The zero-order valence-electron chi connectivity index (χ0n) is 9.30. The summed E-state index contributed by atoms with van der Waals surface area (Å²) < 4.78 is 10.5. The molecule has 0 heterocycles. The molecule has 0 saturated carbocycles. The van der Waals surface area contributed by atoms with E-state index in [1.165, 1.54) is 33.4 Å². The second-order valence-corrected chi connectivity index (χ2v) is 4.38. The summed E-state index contributed by atoms with van der Waals surface area (Å²) in [6.45, 7) is 5.12. The molecule has 0 spiro atoms. The van der Waals surface area contributed by atoms with Gasteiger partial charge in [0.25, 0.3) is 0 Å². The van der Waals surface area contributed by atoms with Gasteiger partial charge in [0.2, 0.25) is 0 Å². The summed E-state index contributed by atoms with van der Waals surface area (Å²) in [6.07, 6.45) is 6.97. The van der Waals surface area contributed by atoms with E-state index >= 15 is 0 Å². The fourth-order valence-electron chi connectivity index (χ4n) is 1.02. The summed E-state index contributed by atoms with van der Waals surface area (Å²) >= 11 is 3.43. The van der Waals surface area contributed by atoms with Crippen LogP contribution in [-0.2, 0) is 9.31 Å². The van der Waals surface area contributed by atoms with Crippen molar-refractivity contribution in [3.8, 4) is 0 Å². The van der Waals surface area contributed by atoms with Gasteiger partial charge in [-0.1, -0.05) is 55.5 Å². The van der Waals surface area contributed by atoms with Crippen LogP contribution in [0, 0.1) is 0 Å². The smallest absolute Gasteiger partial charge is 0.413 e. The minimum atomic E-state index is 0.105. The fraction of sp³-hybridized carbons (Fsp3) is 1.00. The van der Waals surface area contributed by atoms with Crippen LogP contribution >= 0.6 is 15.9 Å². The summed E-state index contributed by atoms with van der Waals surface area (Å²) in [4.78, 5) is 0. The van der Waals surface area contributed by atoms with E-state index in [1.54, 1.807) is 0 Å². The third kappa shape index (κ3) is 10.5. The SMILES string of the molecule is CCCCCO[B]OC(Br)CCCC. The van der Waals surface area contributed by atoms with E-state index in [2.05, 4.69) is 29.8 Å². The average Bonchev–Trinajstić information content (AvgIpc) is 2.20. The Kier molecular flexibility index (Phi) is 11.9. The second kappa shape index (κ2) is 11.5. The first-order valence-electron chi connectivity index (χ1n) is 5.54. The molecule has 0 aliphatic heterocycles. The zero-order chi connectivity index (χ0) is 10.6. The zero-order valence-corrected chi connectivity index (χ0v) is 10.9.